The maximum absolute atomic E-state index is 10.7. The molecular weight excluding hydrogens is 264 g/mol. The van der Waals surface area contributed by atoms with Crippen LogP contribution in [0.15, 0.2) is 52.3 Å². The fourth-order valence-electron chi connectivity index (χ4n) is 1.50. The highest BCUT2D eigenvalue weighted by molar-refractivity contribution is 7.99. The summed E-state index contributed by atoms with van der Waals surface area (Å²) in [6.07, 6.45) is 0. The number of nitriles is 1. The van der Waals surface area contributed by atoms with Gasteiger partial charge in [-0.15, -0.1) is 0 Å². The van der Waals surface area contributed by atoms with Crippen molar-refractivity contribution in [2.45, 2.75) is 9.79 Å². The van der Waals surface area contributed by atoms with Crippen molar-refractivity contribution in [2.75, 3.05) is 0 Å². The number of nitrogens with zero attached hydrogens (tertiary/aromatic N) is 2. The number of nitro benzene ring substituents is 1. The third-order valence-corrected chi connectivity index (χ3v) is 3.43. The first-order valence-electron chi connectivity index (χ1n) is 5.26. The van der Waals surface area contributed by atoms with E-state index >= 15 is 0 Å². The Kier molecular flexibility index (Phi) is 3.68. The van der Waals surface area contributed by atoms with Crippen LogP contribution in [0.3, 0.4) is 0 Å². The minimum atomic E-state index is -0.590. The molecule has 6 heteroatoms. The summed E-state index contributed by atoms with van der Waals surface area (Å²) in [6, 6.07) is 12.8. The second-order valence-electron chi connectivity index (χ2n) is 3.62. The van der Waals surface area contributed by atoms with Gasteiger partial charge in [-0.3, -0.25) is 10.1 Å². The molecule has 0 fully saturated rings. The number of nitro groups is 1. The first kappa shape index (κ1) is 12.9. The summed E-state index contributed by atoms with van der Waals surface area (Å²) < 4.78 is 0. The monoisotopic (exact) mass is 272 g/mol. The Hall–Kier alpha value is -2.52. The molecule has 19 heavy (non-hydrogen) atoms. The number of aromatic hydroxyl groups is 1. The summed E-state index contributed by atoms with van der Waals surface area (Å²) in [4.78, 5) is 11.4. The number of benzene rings is 2. The van der Waals surface area contributed by atoms with Crippen molar-refractivity contribution in [3.63, 3.8) is 0 Å². The molecule has 0 heterocycles. The fraction of sp³-hybridized carbons (Fsp3) is 0. The van der Waals surface area contributed by atoms with Gasteiger partial charge in [0.25, 0.3) is 5.69 Å². The summed E-state index contributed by atoms with van der Waals surface area (Å²) >= 11 is 1.24. The van der Waals surface area contributed by atoms with Crippen molar-refractivity contribution in [2.24, 2.45) is 0 Å². The van der Waals surface area contributed by atoms with Crippen molar-refractivity contribution in [1.29, 1.82) is 5.26 Å². The van der Waals surface area contributed by atoms with E-state index in [1.807, 2.05) is 0 Å². The maximum atomic E-state index is 10.7. The smallest absolute Gasteiger partial charge is 0.287 e. The second kappa shape index (κ2) is 5.42. The lowest BCUT2D eigenvalue weighted by molar-refractivity contribution is -0.385. The minimum absolute atomic E-state index is 0.00502. The molecule has 94 valence electrons. The van der Waals surface area contributed by atoms with Crippen LogP contribution in [0, 0.1) is 21.4 Å². The van der Waals surface area contributed by atoms with Gasteiger partial charge in [0.15, 0.2) is 0 Å². The Balaban J connectivity index is 2.36. The standard InChI is InChI=1S/C13H8N2O3S/c14-8-9-7-10(5-6-11(9)15(17)18)19-13-4-2-1-3-12(13)16/h1-7,16H. The number of hydrogen-bond donors (Lipinski definition) is 1. The van der Waals surface area contributed by atoms with Crippen LogP contribution in [-0.2, 0) is 0 Å². The number of phenols is 1. The molecule has 1 N–H and O–H groups in total. The molecule has 5 nitrogen and oxygen atoms in total. The third-order valence-electron chi connectivity index (χ3n) is 2.38. The molecule has 2 aromatic rings. The van der Waals surface area contributed by atoms with E-state index in [4.69, 9.17) is 5.26 Å². The molecule has 0 unspecified atom stereocenters. The van der Waals surface area contributed by atoms with Crippen molar-refractivity contribution < 1.29 is 10.0 Å². The zero-order valence-corrected chi connectivity index (χ0v) is 10.4. The molecule has 0 amide bonds. The lowest BCUT2D eigenvalue weighted by atomic mass is 10.2. The van der Waals surface area contributed by atoms with Crippen molar-refractivity contribution >= 4 is 17.4 Å². The van der Waals surface area contributed by atoms with Gasteiger partial charge in [0.1, 0.15) is 17.4 Å². The Morgan fingerprint density at radius 3 is 2.63 bits per heavy atom. The van der Waals surface area contributed by atoms with Crippen molar-refractivity contribution in [1.82, 2.24) is 0 Å². The Bertz CT molecular complexity index is 680. The van der Waals surface area contributed by atoms with Crippen molar-refractivity contribution in [3.05, 3.63) is 58.1 Å². The predicted octanol–water partition coefficient (Wildman–Crippen LogP) is 3.32. The number of para-hydroxylation sites is 1. The zero-order chi connectivity index (χ0) is 13.8. The van der Waals surface area contributed by atoms with E-state index in [0.29, 0.717) is 9.79 Å². The summed E-state index contributed by atoms with van der Waals surface area (Å²) in [5.41, 5.74) is -0.213. The van der Waals surface area contributed by atoms with Crippen LogP contribution in [0.5, 0.6) is 5.75 Å². The van der Waals surface area contributed by atoms with Gasteiger partial charge in [-0.1, -0.05) is 23.9 Å². The SMILES string of the molecule is N#Cc1cc(Sc2ccccc2O)ccc1[N+](=O)[O-]. The second-order valence-corrected chi connectivity index (χ2v) is 4.73. The van der Waals surface area contributed by atoms with Crippen LogP contribution in [0.4, 0.5) is 5.69 Å². The van der Waals surface area contributed by atoms with Crippen LogP contribution in [0.2, 0.25) is 0 Å². The predicted molar refractivity (Wildman–Crippen MR) is 70.0 cm³/mol. The van der Waals surface area contributed by atoms with E-state index in [2.05, 4.69) is 0 Å². The van der Waals surface area contributed by atoms with Gasteiger partial charge >= 0.3 is 0 Å². The maximum Gasteiger partial charge on any atom is 0.287 e. The molecule has 2 rings (SSSR count). The fourth-order valence-corrected chi connectivity index (χ4v) is 2.38. The first-order valence-corrected chi connectivity index (χ1v) is 6.08. The number of hydrogen-bond acceptors (Lipinski definition) is 5. The summed E-state index contributed by atoms with van der Waals surface area (Å²) in [6.45, 7) is 0. The molecule has 0 aromatic heterocycles. The van der Waals surface area contributed by atoms with Crippen LogP contribution >= 0.6 is 11.8 Å². The highest BCUT2D eigenvalue weighted by Gasteiger charge is 2.14. The van der Waals surface area contributed by atoms with Gasteiger partial charge in [0.2, 0.25) is 0 Å². The normalized spacial score (nSPS) is 9.84. The molecular formula is C13H8N2O3S. The van der Waals surface area contributed by atoms with Gasteiger partial charge in [0, 0.05) is 11.0 Å². The molecule has 0 aliphatic heterocycles. The third kappa shape index (κ3) is 2.84. The molecule has 0 spiro atoms. The average Bonchev–Trinajstić information content (AvgIpc) is 2.41. The Labute approximate surface area is 113 Å². The Morgan fingerprint density at radius 1 is 1.26 bits per heavy atom. The van der Waals surface area contributed by atoms with Gasteiger partial charge < -0.3 is 5.11 Å². The van der Waals surface area contributed by atoms with Gasteiger partial charge in [-0.05, 0) is 24.3 Å². The molecule has 0 atom stereocenters. The number of rotatable bonds is 3. The highest BCUT2D eigenvalue weighted by atomic mass is 32.2. The van der Waals surface area contributed by atoms with Gasteiger partial charge in [0.05, 0.1) is 9.82 Å². The van der Waals surface area contributed by atoms with Gasteiger partial charge in [-0.25, -0.2) is 0 Å². The zero-order valence-electron chi connectivity index (χ0n) is 9.61. The molecule has 0 saturated carbocycles. The van der Waals surface area contributed by atoms with Crippen LogP contribution < -0.4 is 0 Å². The molecule has 0 radical (unpaired) electrons. The van der Waals surface area contributed by atoms with Crippen LogP contribution in [0.1, 0.15) is 5.56 Å². The van der Waals surface area contributed by atoms with E-state index in [0.717, 1.165) is 0 Å². The first-order chi connectivity index (χ1) is 9.11. The largest absolute Gasteiger partial charge is 0.507 e. The van der Waals surface area contributed by atoms with Gasteiger partial charge in [-0.2, -0.15) is 5.26 Å². The van der Waals surface area contributed by atoms with Crippen LogP contribution in [-0.4, -0.2) is 10.0 Å². The van der Waals surface area contributed by atoms with E-state index in [-0.39, 0.29) is 17.0 Å². The summed E-state index contributed by atoms with van der Waals surface area (Å²) in [7, 11) is 0. The van der Waals surface area contributed by atoms with Crippen molar-refractivity contribution in [3.8, 4) is 11.8 Å². The molecule has 2 aromatic carbocycles. The quantitative estimate of drug-likeness (QED) is 0.684. The van der Waals surface area contributed by atoms with Crippen LogP contribution in [0.25, 0.3) is 0 Å². The molecule has 0 bridgehead atoms. The highest BCUT2D eigenvalue weighted by Crippen LogP contribution is 2.35. The molecule has 0 aliphatic carbocycles. The summed E-state index contributed by atoms with van der Waals surface area (Å²) in [5.74, 6) is 0.129. The topological polar surface area (TPSA) is 87.2 Å². The van der Waals surface area contributed by atoms with E-state index < -0.39 is 4.92 Å². The molecule has 0 aliphatic rings. The van der Waals surface area contributed by atoms with E-state index in [1.165, 1.54) is 23.9 Å². The summed E-state index contributed by atoms with van der Waals surface area (Å²) in [5, 5.41) is 29.3. The molecule has 0 saturated heterocycles. The van der Waals surface area contributed by atoms with E-state index in [9.17, 15) is 15.2 Å². The lowest BCUT2D eigenvalue weighted by Gasteiger charge is -2.04. The average molecular weight is 272 g/mol. The number of phenolic OH excluding ortho intramolecular Hbond substituents is 1. The lowest BCUT2D eigenvalue weighted by Crippen LogP contribution is -1.92. The minimum Gasteiger partial charge on any atom is -0.507 e. The Morgan fingerprint density at radius 2 is 2.00 bits per heavy atom. The van der Waals surface area contributed by atoms with E-state index in [1.54, 1.807) is 36.4 Å².